The number of carboxylic acid groups (broad SMARTS) is 1. The summed E-state index contributed by atoms with van der Waals surface area (Å²) in [7, 11) is 0. The fraction of sp³-hybridized carbons (Fsp3) is 0.400. The van der Waals surface area contributed by atoms with Crippen molar-refractivity contribution in [3.63, 3.8) is 0 Å². The summed E-state index contributed by atoms with van der Waals surface area (Å²) in [6.07, 6.45) is 3.93. The molecule has 2 aromatic rings. The van der Waals surface area contributed by atoms with E-state index in [-0.39, 0.29) is 0 Å². The highest BCUT2D eigenvalue weighted by Crippen LogP contribution is 2.27. The van der Waals surface area contributed by atoms with Gasteiger partial charge in [0.25, 0.3) is 0 Å². The van der Waals surface area contributed by atoms with E-state index in [0.29, 0.717) is 12.1 Å². The molecule has 0 aliphatic rings. The van der Waals surface area contributed by atoms with Crippen molar-refractivity contribution in [1.29, 1.82) is 0 Å². The van der Waals surface area contributed by atoms with Gasteiger partial charge in [0.15, 0.2) is 0 Å². The van der Waals surface area contributed by atoms with Gasteiger partial charge in [0.05, 0.1) is 11.1 Å². The maximum absolute atomic E-state index is 11.2. The van der Waals surface area contributed by atoms with Crippen LogP contribution in [0.4, 0.5) is 0 Å². The molecular formula is C15H20N2O2. The molecule has 2 rings (SSSR count). The zero-order chi connectivity index (χ0) is 14.0. The Morgan fingerprint density at radius 2 is 2.16 bits per heavy atom. The second kappa shape index (κ2) is 5.45. The fourth-order valence-corrected chi connectivity index (χ4v) is 2.59. The summed E-state index contributed by atoms with van der Waals surface area (Å²) in [5.74, 6) is -0.876. The van der Waals surface area contributed by atoms with Crippen molar-refractivity contribution in [2.45, 2.75) is 33.2 Å². The van der Waals surface area contributed by atoms with Crippen LogP contribution in [0.3, 0.4) is 0 Å². The molecular weight excluding hydrogens is 240 g/mol. The molecule has 0 aliphatic carbocycles. The SMILES string of the molecule is CCn1cc(CCCN)c2cc(C(=O)O)cc(C)c21. The van der Waals surface area contributed by atoms with Crippen LogP contribution in [-0.2, 0) is 13.0 Å². The number of aromatic nitrogens is 1. The van der Waals surface area contributed by atoms with Crippen LogP contribution in [-0.4, -0.2) is 22.2 Å². The van der Waals surface area contributed by atoms with Gasteiger partial charge in [-0.1, -0.05) is 0 Å². The normalized spacial score (nSPS) is 11.1. The first-order valence-corrected chi connectivity index (χ1v) is 6.64. The minimum atomic E-state index is -0.876. The van der Waals surface area contributed by atoms with Crippen molar-refractivity contribution in [3.8, 4) is 0 Å². The molecule has 1 heterocycles. The van der Waals surface area contributed by atoms with Crippen LogP contribution < -0.4 is 5.73 Å². The Morgan fingerprint density at radius 1 is 1.42 bits per heavy atom. The van der Waals surface area contributed by atoms with Crippen LogP contribution in [0.1, 0.15) is 34.8 Å². The molecule has 0 saturated carbocycles. The van der Waals surface area contributed by atoms with E-state index in [4.69, 9.17) is 5.73 Å². The lowest BCUT2D eigenvalue weighted by Gasteiger charge is -2.05. The monoisotopic (exact) mass is 260 g/mol. The summed E-state index contributed by atoms with van der Waals surface area (Å²) in [5.41, 5.74) is 9.26. The van der Waals surface area contributed by atoms with E-state index in [2.05, 4.69) is 17.7 Å². The van der Waals surface area contributed by atoms with Crippen LogP contribution >= 0.6 is 0 Å². The lowest BCUT2D eigenvalue weighted by atomic mass is 10.0. The third kappa shape index (κ3) is 2.49. The smallest absolute Gasteiger partial charge is 0.335 e. The van der Waals surface area contributed by atoms with Crippen molar-refractivity contribution < 1.29 is 9.90 Å². The highest BCUT2D eigenvalue weighted by molar-refractivity contribution is 5.96. The topological polar surface area (TPSA) is 68.2 Å². The Kier molecular flexibility index (Phi) is 3.90. The number of benzene rings is 1. The van der Waals surface area contributed by atoms with E-state index in [0.717, 1.165) is 35.9 Å². The van der Waals surface area contributed by atoms with Gasteiger partial charge in [0.2, 0.25) is 0 Å². The van der Waals surface area contributed by atoms with E-state index in [1.807, 2.05) is 6.92 Å². The van der Waals surface area contributed by atoms with E-state index in [1.54, 1.807) is 12.1 Å². The molecule has 0 radical (unpaired) electrons. The predicted molar refractivity (Wildman–Crippen MR) is 76.7 cm³/mol. The van der Waals surface area contributed by atoms with Crippen molar-refractivity contribution in [1.82, 2.24) is 4.57 Å². The molecule has 0 unspecified atom stereocenters. The van der Waals surface area contributed by atoms with Gasteiger partial charge in [0.1, 0.15) is 0 Å². The van der Waals surface area contributed by atoms with E-state index < -0.39 is 5.97 Å². The largest absolute Gasteiger partial charge is 0.478 e. The lowest BCUT2D eigenvalue weighted by molar-refractivity contribution is 0.0697. The van der Waals surface area contributed by atoms with Crippen molar-refractivity contribution >= 4 is 16.9 Å². The Hall–Kier alpha value is -1.81. The lowest BCUT2D eigenvalue weighted by Crippen LogP contribution is -2.00. The summed E-state index contributed by atoms with van der Waals surface area (Å²) in [4.78, 5) is 11.2. The summed E-state index contributed by atoms with van der Waals surface area (Å²) in [5, 5.41) is 10.2. The van der Waals surface area contributed by atoms with Crippen molar-refractivity contribution in [2.24, 2.45) is 5.73 Å². The number of carboxylic acids is 1. The number of aromatic carboxylic acids is 1. The van der Waals surface area contributed by atoms with Gasteiger partial charge in [0, 0.05) is 18.1 Å². The molecule has 1 aromatic carbocycles. The number of hydrogen-bond acceptors (Lipinski definition) is 2. The first-order valence-electron chi connectivity index (χ1n) is 6.64. The summed E-state index contributed by atoms with van der Waals surface area (Å²) >= 11 is 0. The zero-order valence-electron chi connectivity index (χ0n) is 11.4. The Labute approximate surface area is 112 Å². The number of nitrogens with zero attached hydrogens (tertiary/aromatic N) is 1. The van der Waals surface area contributed by atoms with Crippen LogP contribution in [0.25, 0.3) is 10.9 Å². The molecule has 4 nitrogen and oxygen atoms in total. The van der Waals surface area contributed by atoms with Crippen LogP contribution in [0.2, 0.25) is 0 Å². The molecule has 0 spiro atoms. The maximum Gasteiger partial charge on any atom is 0.335 e. The molecule has 1 aromatic heterocycles. The number of carbonyl (C=O) groups is 1. The Balaban J connectivity index is 2.65. The molecule has 0 amide bonds. The standard InChI is InChI=1S/C15H20N2O2/c1-3-17-9-11(5-4-6-16)13-8-12(15(18)19)7-10(2)14(13)17/h7-9H,3-6,16H2,1-2H3,(H,18,19). The van der Waals surface area contributed by atoms with Gasteiger partial charge in [-0.2, -0.15) is 0 Å². The molecule has 0 saturated heterocycles. The summed E-state index contributed by atoms with van der Waals surface area (Å²) in [6.45, 7) is 5.59. The second-order valence-corrected chi connectivity index (χ2v) is 4.83. The Morgan fingerprint density at radius 3 is 2.74 bits per heavy atom. The van der Waals surface area contributed by atoms with Crippen molar-refractivity contribution in [3.05, 3.63) is 35.0 Å². The van der Waals surface area contributed by atoms with Crippen molar-refractivity contribution in [2.75, 3.05) is 6.54 Å². The van der Waals surface area contributed by atoms with Crippen LogP contribution in [0, 0.1) is 6.92 Å². The Bertz CT molecular complexity index is 614. The highest BCUT2D eigenvalue weighted by atomic mass is 16.4. The highest BCUT2D eigenvalue weighted by Gasteiger charge is 2.13. The number of rotatable bonds is 5. The molecule has 4 heteroatoms. The first kappa shape index (κ1) is 13.6. The minimum absolute atomic E-state index is 0.354. The summed E-state index contributed by atoms with van der Waals surface area (Å²) in [6, 6.07) is 3.52. The van der Waals surface area contributed by atoms with Gasteiger partial charge in [-0.15, -0.1) is 0 Å². The predicted octanol–water partition coefficient (Wildman–Crippen LogP) is 2.56. The van der Waals surface area contributed by atoms with Gasteiger partial charge in [-0.25, -0.2) is 4.79 Å². The van der Waals surface area contributed by atoms with E-state index in [9.17, 15) is 9.90 Å². The number of aryl methyl sites for hydroxylation is 3. The quantitative estimate of drug-likeness (QED) is 0.868. The van der Waals surface area contributed by atoms with E-state index in [1.165, 1.54) is 5.56 Å². The summed E-state index contributed by atoms with van der Waals surface area (Å²) < 4.78 is 2.18. The van der Waals surface area contributed by atoms with Crippen LogP contribution in [0.5, 0.6) is 0 Å². The van der Waals surface area contributed by atoms with Gasteiger partial charge >= 0.3 is 5.97 Å². The maximum atomic E-state index is 11.2. The average molecular weight is 260 g/mol. The molecule has 3 N–H and O–H groups in total. The molecule has 19 heavy (non-hydrogen) atoms. The molecule has 0 bridgehead atoms. The molecule has 102 valence electrons. The zero-order valence-corrected chi connectivity index (χ0v) is 11.4. The van der Waals surface area contributed by atoms with E-state index >= 15 is 0 Å². The van der Waals surface area contributed by atoms with Gasteiger partial charge in [-0.05, 0) is 56.5 Å². The number of fused-ring (bicyclic) bond motifs is 1. The molecule has 0 aliphatic heterocycles. The average Bonchev–Trinajstić information content (AvgIpc) is 2.74. The third-order valence-electron chi connectivity index (χ3n) is 3.48. The second-order valence-electron chi connectivity index (χ2n) is 4.83. The minimum Gasteiger partial charge on any atom is -0.478 e. The van der Waals surface area contributed by atoms with Gasteiger partial charge < -0.3 is 15.4 Å². The number of hydrogen-bond donors (Lipinski definition) is 2. The first-order chi connectivity index (χ1) is 9.08. The molecule has 0 atom stereocenters. The third-order valence-corrected chi connectivity index (χ3v) is 3.48. The molecule has 0 fully saturated rings. The fourth-order valence-electron chi connectivity index (χ4n) is 2.59. The van der Waals surface area contributed by atoms with Crippen LogP contribution in [0.15, 0.2) is 18.3 Å². The van der Waals surface area contributed by atoms with Gasteiger partial charge in [-0.3, -0.25) is 0 Å². The number of nitrogens with two attached hydrogens (primary N) is 1.